The van der Waals surface area contributed by atoms with Gasteiger partial charge in [-0.05, 0) is 35.4 Å². The maximum Gasteiger partial charge on any atom is -0.172 e. The summed E-state index contributed by atoms with van der Waals surface area (Å²) in [7, 11) is 0. The number of aryl methyl sites for hydroxylation is 2. The van der Waals surface area contributed by atoms with Gasteiger partial charge < -0.3 is 24.8 Å². The van der Waals surface area contributed by atoms with E-state index in [-0.39, 0.29) is 35.6 Å². The Hall–Kier alpha value is -0.877. The first-order chi connectivity index (χ1) is 16.9. The quantitative estimate of drug-likeness (QED) is 0.206. The first kappa shape index (κ1) is 35.2. The van der Waals surface area contributed by atoms with Crippen LogP contribution in [0, 0.1) is 19.9 Å². The van der Waals surface area contributed by atoms with Gasteiger partial charge in [-0.3, -0.25) is 0 Å². The minimum Gasteiger partial charge on any atom is -0.214 e. The van der Waals surface area contributed by atoms with Gasteiger partial charge in [-0.15, -0.1) is 16.7 Å². The monoisotopic (exact) mass is 626 g/mol. The summed E-state index contributed by atoms with van der Waals surface area (Å²) in [6.07, 6.45) is 9.83. The van der Waals surface area contributed by atoms with E-state index in [1.807, 2.05) is 33.5 Å². The maximum atomic E-state index is 3.69. The van der Waals surface area contributed by atoms with Crippen LogP contribution in [0.2, 0.25) is 0 Å². The van der Waals surface area contributed by atoms with Crippen molar-refractivity contribution in [2.45, 2.75) is 111 Å². The van der Waals surface area contributed by atoms with E-state index in [4.69, 9.17) is 0 Å². The summed E-state index contributed by atoms with van der Waals surface area (Å²) in [5.74, 6) is 0. The summed E-state index contributed by atoms with van der Waals surface area (Å²) in [6, 6.07) is 20.9. The van der Waals surface area contributed by atoms with Gasteiger partial charge in [0.1, 0.15) is 0 Å². The molecule has 0 heterocycles. The summed E-state index contributed by atoms with van der Waals surface area (Å²) in [6.45, 7) is 18.2. The number of halogens is 2. The van der Waals surface area contributed by atoms with Crippen molar-refractivity contribution in [3.63, 3.8) is 0 Å². The average Bonchev–Trinajstić information content (AvgIpc) is 3.39. The molecule has 0 aliphatic heterocycles. The largest absolute Gasteiger partial charge is 0.214 e. The molecule has 3 aromatic carbocycles. The molecule has 2 aliphatic carbocycles. The van der Waals surface area contributed by atoms with Crippen molar-refractivity contribution in [3.8, 4) is 11.1 Å². The molecule has 0 amide bonds. The summed E-state index contributed by atoms with van der Waals surface area (Å²) in [5, 5.41) is 0. The van der Waals surface area contributed by atoms with E-state index in [9.17, 15) is 0 Å². The van der Waals surface area contributed by atoms with E-state index in [1.54, 1.807) is 24.2 Å². The number of benzene rings is 2. The van der Waals surface area contributed by atoms with Crippen LogP contribution in [0.3, 0.4) is 0 Å². The molecule has 0 saturated heterocycles. The van der Waals surface area contributed by atoms with E-state index < -0.39 is 0 Å². The van der Waals surface area contributed by atoms with E-state index in [2.05, 4.69) is 79.7 Å². The molecule has 0 spiro atoms. The van der Waals surface area contributed by atoms with Crippen LogP contribution < -0.4 is 24.8 Å². The second-order valence-electron chi connectivity index (χ2n) is 12.7. The third-order valence-corrected chi connectivity index (χ3v) is 8.57. The fourth-order valence-electron chi connectivity index (χ4n) is 5.50. The van der Waals surface area contributed by atoms with Crippen molar-refractivity contribution < 1.29 is 49.0 Å². The Morgan fingerprint density at radius 2 is 1.26 bits per heavy atom. The number of fused-ring (bicyclic) bond motifs is 3. The molecule has 206 valence electrons. The van der Waals surface area contributed by atoms with Gasteiger partial charge in [0, 0.05) is 0 Å². The van der Waals surface area contributed by atoms with Gasteiger partial charge in [0.2, 0.25) is 0 Å². The van der Waals surface area contributed by atoms with Crippen molar-refractivity contribution in [2.24, 2.45) is 0 Å². The van der Waals surface area contributed by atoms with Crippen molar-refractivity contribution in [2.75, 3.05) is 0 Å². The average molecular weight is 629 g/mol. The standard InChI is InChI=1S/C23H29.C7H12.C5H5.2ClH.Zr/c1-14-9-16-11-17-10-15(2)21(23(6,7)8)13-19(17)18(16)12-20(14)22(3,4)5;1-2-4-6-7-5-3-1;1-2-4-5-3-1;;;/h9,12-13H,11H2,1-8H3;1-6H2;1-5H;2*1H;/q-1;;-1;;;+2/p-2. The molecule has 38 heavy (non-hydrogen) atoms. The Morgan fingerprint density at radius 1 is 0.737 bits per heavy atom. The second-order valence-corrected chi connectivity index (χ2v) is 14.4. The predicted octanol–water partition coefficient (Wildman–Crippen LogP) is 3.74. The Labute approximate surface area is 260 Å². The molecule has 3 heteroatoms. The van der Waals surface area contributed by atoms with Crippen LogP contribution >= 0.6 is 0 Å². The zero-order valence-corrected chi connectivity index (χ0v) is 28.8. The van der Waals surface area contributed by atoms with E-state index in [1.165, 1.54) is 83.0 Å². The van der Waals surface area contributed by atoms with Crippen molar-refractivity contribution in [1.29, 1.82) is 0 Å². The van der Waals surface area contributed by atoms with Crippen molar-refractivity contribution in [3.05, 3.63) is 88.0 Å². The molecule has 0 nitrogen and oxygen atoms in total. The Morgan fingerprint density at radius 3 is 1.74 bits per heavy atom. The SMILES string of the molecule is Cc1[c-]c2c(cc1C(C)(C)C)-c1cc(C(C)(C)C)c(C)cc1C2.[Cl-].[Cl-].[Zr+2]=[C]1CCCCCC1.c1cc[cH-]c1. The van der Waals surface area contributed by atoms with Gasteiger partial charge >= 0.3 is 66.0 Å². The summed E-state index contributed by atoms with van der Waals surface area (Å²) >= 11 is 1.69. The first-order valence-electron chi connectivity index (χ1n) is 13.8. The van der Waals surface area contributed by atoms with Crippen molar-refractivity contribution >= 4 is 3.21 Å². The molecule has 0 bridgehead atoms. The molecular weight excluding hydrogens is 583 g/mol. The van der Waals surface area contributed by atoms with E-state index in [0.717, 1.165) is 6.42 Å². The summed E-state index contributed by atoms with van der Waals surface area (Å²) in [5.41, 5.74) is 11.6. The molecule has 2 aliphatic rings. The molecular formula is C35H46Cl2Zr-2. The topological polar surface area (TPSA) is 0 Å². The molecule has 0 atom stereocenters. The third kappa shape index (κ3) is 9.64. The maximum absolute atomic E-state index is 3.69. The van der Waals surface area contributed by atoms with E-state index >= 15 is 0 Å². The van der Waals surface area contributed by atoms with E-state index in [0.29, 0.717) is 0 Å². The van der Waals surface area contributed by atoms with Gasteiger partial charge in [0.15, 0.2) is 0 Å². The van der Waals surface area contributed by atoms with Crippen LogP contribution in [0.5, 0.6) is 0 Å². The molecule has 3 aromatic rings. The number of hydrogen-bond donors (Lipinski definition) is 0. The zero-order chi connectivity index (χ0) is 26.5. The molecule has 0 unspecified atom stereocenters. The summed E-state index contributed by atoms with van der Waals surface area (Å²) < 4.78 is 1.81. The summed E-state index contributed by atoms with van der Waals surface area (Å²) in [4.78, 5) is 0. The van der Waals surface area contributed by atoms with Gasteiger partial charge in [0.25, 0.3) is 0 Å². The van der Waals surface area contributed by atoms with Crippen LogP contribution in [0.1, 0.15) is 113 Å². The molecule has 0 aromatic heterocycles. The molecule has 5 rings (SSSR count). The minimum absolute atomic E-state index is 0. The molecule has 1 fully saturated rings. The molecule has 0 N–H and O–H groups in total. The fourth-order valence-corrected chi connectivity index (χ4v) is 6.37. The third-order valence-electron chi connectivity index (χ3n) is 7.34. The van der Waals surface area contributed by atoms with Crippen LogP contribution in [0.4, 0.5) is 0 Å². The minimum atomic E-state index is 0. The van der Waals surface area contributed by atoms with Gasteiger partial charge in [-0.1, -0.05) is 71.6 Å². The number of hydrogen-bond acceptors (Lipinski definition) is 0. The van der Waals surface area contributed by atoms with Gasteiger partial charge in [-0.2, -0.15) is 35.9 Å². The molecule has 1 saturated carbocycles. The van der Waals surface area contributed by atoms with Gasteiger partial charge in [-0.25, -0.2) is 12.1 Å². The van der Waals surface area contributed by atoms with Gasteiger partial charge in [0.05, 0.1) is 0 Å². The van der Waals surface area contributed by atoms with Crippen LogP contribution in [0.15, 0.2) is 48.5 Å². The van der Waals surface area contributed by atoms with Crippen molar-refractivity contribution in [1.82, 2.24) is 0 Å². The first-order valence-corrected chi connectivity index (χ1v) is 15.0. The number of rotatable bonds is 0. The Balaban J connectivity index is 0.000000396. The fraction of sp³-hybridized carbons (Fsp3) is 0.486. The van der Waals surface area contributed by atoms with Crippen LogP contribution in [-0.4, -0.2) is 3.21 Å². The normalized spacial score (nSPS) is 14.3. The Kier molecular flexibility index (Phi) is 14.1. The smallest absolute Gasteiger partial charge is 0.172 e. The Bertz CT molecular complexity index is 1060. The second kappa shape index (κ2) is 15.2. The van der Waals surface area contributed by atoms with Crippen LogP contribution in [-0.2, 0) is 41.5 Å². The predicted molar refractivity (Wildman–Crippen MR) is 155 cm³/mol. The van der Waals surface area contributed by atoms with Crippen LogP contribution in [0.25, 0.3) is 11.1 Å². The zero-order valence-electron chi connectivity index (χ0n) is 24.8. The molecule has 0 radical (unpaired) electrons.